The minimum Gasteiger partial charge on any atom is -0.478 e. The number of fused-ring (bicyclic) bond motifs is 5. The van der Waals surface area contributed by atoms with E-state index in [0.717, 1.165) is 5.57 Å². The van der Waals surface area contributed by atoms with Crippen LogP contribution in [0.4, 0.5) is 0 Å². The van der Waals surface area contributed by atoms with Crippen molar-refractivity contribution in [1.82, 2.24) is 0 Å². The third-order valence-corrected chi connectivity index (χ3v) is 13.0. The first-order valence-corrected chi connectivity index (χ1v) is 18.8. The molecule has 3 unspecified atom stereocenters. The van der Waals surface area contributed by atoms with Gasteiger partial charge in [-0.2, -0.15) is 0 Å². The van der Waals surface area contributed by atoms with Crippen LogP contribution in [0.2, 0.25) is 0 Å². The predicted molar refractivity (Wildman–Crippen MR) is 188 cm³/mol. The number of alkyl halides is 1. The van der Waals surface area contributed by atoms with E-state index in [1.807, 2.05) is 6.92 Å². The fourth-order valence-corrected chi connectivity index (χ4v) is 10.1. The summed E-state index contributed by atoms with van der Waals surface area (Å²) in [6, 6.07) is 0. The second kappa shape index (κ2) is 17.7. The predicted octanol–water partition coefficient (Wildman–Crippen LogP) is 3.41. The van der Waals surface area contributed by atoms with E-state index < -0.39 is 111 Å². The molecule has 20 heteroatoms. The van der Waals surface area contributed by atoms with Gasteiger partial charge in [0.05, 0.1) is 30.6 Å². The molecule has 4 aliphatic carbocycles. The lowest BCUT2D eigenvalue weighted by Gasteiger charge is -2.64. The Morgan fingerprint density at radius 3 is 2.25 bits per heavy atom. The summed E-state index contributed by atoms with van der Waals surface area (Å²) < 4.78 is 16.3. The molecule has 3 saturated carbocycles. The number of hydrogen-bond acceptors (Lipinski definition) is 16. The number of carbonyl (C=O) groups is 6. The van der Waals surface area contributed by atoms with Crippen LogP contribution in [0, 0.1) is 48.8 Å². The second-order valence-electron chi connectivity index (χ2n) is 15.2. The Kier molecular flexibility index (Phi) is 13.9. The number of allylic oxidation sites excluding steroid dienone is 4. The standard InChI is InChI=1S/C36H47ClN2O17/c1-21-16-25-24-11-10-22-17-23(40)12-13-33(22,2)35(24,37)27(41)19-34(25,3)36(21,56-30(44)9-7-15-54-39(50)51)28(42)20-52-31(45)18-26(32(46)47)55-29(43)8-5-4-6-14-53-38(48)49/h12-13,17,21,24-27,41H,4-11,14-16,18-20H2,1-3H3,(H,46,47)/t21-,24?,25?,26?,27-,33-,34-,35-,36-/m0/s1. The lowest BCUT2D eigenvalue weighted by molar-refractivity contribution is -0.757. The van der Waals surface area contributed by atoms with E-state index in [-0.39, 0.29) is 57.3 Å². The van der Waals surface area contributed by atoms with Gasteiger partial charge in [0.2, 0.25) is 11.9 Å². The molecule has 0 bridgehead atoms. The van der Waals surface area contributed by atoms with Gasteiger partial charge in [-0.05, 0) is 68.9 Å². The number of Topliss-reactive ketones (excluding diaryl/α,β-unsaturated/α-hetero) is 1. The number of ketones is 2. The molecule has 0 aliphatic heterocycles. The zero-order valence-corrected chi connectivity index (χ0v) is 32.1. The number of unbranched alkanes of at least 4 members (excludes halogenated alkanes) is 2. The molecule has 56 heavy (non-hydrogen) atoms. The normalized spacial score (nSPS) is 32.0. The first-order chi connectivity index (χ1) is 26.2. The molecule has 0 radical (unpaired) electrons. The number of rotatable bonds is 20. The van der Waals surface area contributed by atoms with Gasteiger partial charge in [0.1, 0.15) is 0 Å². The van der Waals surface area contributed by atoms with E-state index in [0.29, 0.717) is 19.3 Å². The fraction of sp³-hybridized carbons (Fsp3) is 0.722. The van der Waals surface area contributed by atoms with Crippen molar-refractivity contribution in [3.8, 4) is 0 Å². The number of hydrogen-bond donors (Lipinski definition) is 2. The Morgan fingerprint density at radius 2 is 1.61 bits per heavy atom. The Balaban J connectivity index is 1.53. The fourth-order valence-electron chi connectivity index (χ4n) is 9.53. The molecule has 0 spiro atoms. The van der Waals surface area contributed by atoms with E-state index in [1.54, 1.807) is 19.9 Å². The lowest BCUT2D eigenvalue weighted by Crippen LogP contribution is -2.69. The number of nitrogens with zero attached hydrogens (tertiary/aromatic N) is 2. The zero-order valence-electron chi connectivity index (χ0n) is 31.3. The smallest absolute Gasteiger partial charge is 0.345 e. The summed E-state index contributed by atoms with van der Waals surface area (Å²) in [5.74, 6) is -7.42. The maximum Gasteiger partial charge on any atom is 0.345 e. The first-order valence-electron chi connectivity index (χ1n) is 18.4. The Hall–Kier alpha value is -4.65. The van der Waals surface area contributed by atoms with Crippen molar-refractivity contribution < 1.29 is 73.0 Å². The number of aliphatic carboxylic acids is 1. The summed E-state index contributed by atoms with van der Waals surface area (Å²) in [5.41, 5.74) is -3.47. The van der Waals surface area contributed by atoms with Gasteiger partial charge >= 0.3 is 23.9 Å². The Bertz CT molecular complexity index is 1670. The van der Waals surface area contributed by atoms with Crippen LogP contribution in [-0.2, 0) is 52.7 Å². The lowest BCUT2D eigenvalue weighted by atomic mass is 9.45. The summed E-state index contributed by atoms with van der Waals surface area (Å²) in [5, 5.41) is 40.5. The molecule has 0 amide bonds. The Labute approximate surface area is 326 Å². The molecule has 0 aromatic carbocycles. The topological polar surface area (TPSA) is 275 Å². The molecule has 0 aromatic heterocycles. The van der Waals surface area contributed by atoms with Gasteiger partial charge < -0.3 is 34.1 Å². The van der Waals surface area contributed by atoms with Crippen molar-refractivity contribution in [3.63, 3.8) is 0 Å². The first kappa shape index (κ1) is 44.1. The minimum atomic E-state index is -2.02. The molecule has 0 saturated heterocycles. The SMILES string of the molecule is C[C@H]1CC2C3CCC4=CC(=O)C=C[C@]4(C)[C@@]3(Cl)[C@@H](O)C[C@]2(C)[C@@]1(OC(=O)CCCO[N+](=O)[O-])C(=O)COC(=O)CC(OC(=O)CCCCCO[N+](=O)[O-])C(=O)O. The van der Waals surface area contributed by atoms with E-state index in [1.165, 1.54) is 12.2 Å². The van der Waals surface area contributed by atoms with E-state index in [4.69, 9.17) is 25.8 Å². The van der Waals surface area contributed by atoms with Crippen LogP contribution in [0.25, 0.3) is 0 Å². The summed E-state index contributed by atoms with van der Waals surface area (Å²) in [4.78, 5) is 105. The maximum atomic E-state index is 14.5. The number of carboxylic acids is 1. The van der Waals surface area contributed by atoms with Crippen LogP contribution in [0.1, 0.15) is 91.4 Å². The number of carboxylic acid groups (broad SMARTS) is 1. The molecule has 0 aromatic rings. The molecule has 310 valence electrons. The third-order valence-electron chi connectivity index (χ3n) is 12.1. The van der Waals surface area contributed by atoms with Crippen molar-refractivity contribution in [2.24, 2.45) is 28.6 Å². The van der Waals surface area contributed by atoms with Crippen LogP contribution < -0.4 is 0 Å². The van der Waals surface area contributed by atoms with Crippen molar-refractivity contribution in [1.29, 1.82) is 0 Å². The van der Waals surface area contributed by atoms with Crippen LogP contribution in [-0.4, -0.2) is 98.3 Å². The van der Waals surface area contributed by atoms with Crippen LogP contribution in [0.15, 0.2) is 23.8 Å². The number of ether oxygens (including phenoxy) is 3. The van der Waals surface area contributed by atoms with Gasteiger partial charge in [-0.1, -0.05) is 38.8 Å². The van der Waals surface area contributed by atoms with Crippen LogP contribution in [0.3, 0.4) is 0 Å². The van der Waals surface area contributed by atoms with Crippen molar-refractivity contribution in [3.05, 3.63) is 44.0 Å². The minimum absolute atomic E-state index is 0.131. The molecule has 0 heterocycles. The highest BCUT2D eigenvalue weighted by atomic mass is 35.5. The average Bonchev–Trinajstić information content (AvgIpc) is 3.33. The molecular weight excluding hydrogens is 768 g/mol. The number of halogens is 1. The van der Waals surface area contributed by atoms with Gasteiger partial charge in [0, 0.05) is 29.6 Å². The van der Waals surface area contributed by atoms with Crippen LogP contribution >= 0.6 is 11.6 Å². The second-order valence-corrected chi connectivity index (χ2v) is 15.9. The molecule has 4 aliphatic rings. The highest BCUT2D eigenvalue weighted by Crippen LogP contribution is 2.72. The van der Waals surface area contributed by atoms with E-state index >= 15 is 0 Å². The highest BCUT2D eigenvalue weighted by molar-refractivity contribution is 6.26. The van der Waals surface area contributed by atoms with E-state index in [2.05, 4.69) is 9.68 Å². The molecule has 2 N–H and O–H groups in total. The zero-order chi connectivity index (χ0) is 41.6. The highest BCUT2D eigenvalue weighted by Gasteiger charge is 2.76. The summed E-state index contributed by atoms with van der Waals surface area (Å²) in [6.45, 7) is 3.64. The molecule has 9 atom stereocenters. The van der Waals surface area contributed by atoms with E-state index in [9.17, 15) is 59.2 Å². The third kappa shape index (κ3) is 8.67. The Morgan fingerprint density at radius 1 is 0.964 bits per heavy atom. The van der Waals surface area contributed by atoms with Crippen molar-refractivity contribution in [2.45, 2.75) is 114 Å². The van der Waals surface area contributed by atoms with Crippen LogP contribution in [0.5, 0.6) is 0 Å². The summed E-state index contributed by atoms with van der Waals surface area (Å²) in [6.07, 6.45) is 1.49. The quantitative estimate of drug-likeness (QED) is 0.0445. The van der Waals surface area contributed by atoms with Gasteiger partial charge in [-0.25, -0.2) is 4.79 Å². The van der Waals surface area contributed by atoms with Crippen molar-refractivity contribution in [2.75, 3.05) is 19.8 Å². The molecule has 3 fully saturated rings. The summed E-state index contributed by atoms with van der Waals surface area (Å²) in [7, 11) is 0. The summed E-state index contributed by atoms with van der Waals surface area (Å²) >= 11 is 7.53. The number of carbonyl (C=O) groups excluding carboxylic acids is 5. The van der Waals surface area contributed by atoms with Crippen molar-refractivity contribution >= 4 is 47.0 Å². The van der Waals surface area contributed by atoms with Gasteiger partial charge in [0.25, 0.3) is 10.2 Å². The number of aliphatic hydroxyl groups excluding tert-OH is 1. The van der Waals surface area contributed by atoms with Gasteiger partial charge in [-0.15, -0.1) is 31.8 Å². The average molecular weight is 815 g/mol. The number of aliphatic hydroxyl groups is 1. The molecule has 19 nitrogen and oxygen atoms in total. The maximum absolute atomic E-state index is 14.5. The largest absolute Gasteiger partial charge is 0.478 e. The van der Waals surface area contributed by atoms with Gasteiger partial charge in [-0.3, -0.25) is 24.0 Å². The number of esters is 3. The monoisotopic (exact) mass is 814 g/mol. The molecule has 4 rings (SSSR count). The van der Waals surface area contributed by atoms with Gasteiger partial charge in [0.15, 0.2) is 18.0 Å². The molecular formula is C36H47ClN2O17.